The van der Waals surface area contributed by atoms with E-state index in [-0.39, 0.29) is 0 Å². The molecule has 696 valence electrons. The van der Waals surface area contributed by atoms with Gasteiger partial charge in [0.05, 0.1) is 66.7 Å². The minimum Gasteiger partial charge on any atom is -0.456 e. The predicted octanol–water partition coefficient (Wildman–Crippen LogP) is 37.7. The number of nitrogens with zero attached hydrogens (tertiary/aromatic N) is 9. The Morgan fingerprint density at radius 2 is 0.453 bits per heavy atom. The summed E-state index contributed by atoms with van der Waals surface area (Å²) >= 11 is 3.67. The summed E-state index contributed by atoms with van der Waals surface area (Å²) in [5, 5.41) is 33.2. The molecule has 0 unspecified atom stereocenters. The van der Waals surface area contributed by atoms with E-state index < -0.39 is 0 Å². The van der Waals surface area contributed by atoms with E-state index in [4.69, 9.17) is 34.3 Å². The molecule has 0 radical (unpaired) electrons. The van der Waals surface area contributed by atoms with Gasteiger partial charge >= 0.3 is 0 Å². The first kappa shape index (κ1) is 85.0. The van der Waals surface area contributed by atoms with E-state index in [0.29, 0.717) is 5.82 Å². The van der Waals surface area contributed by atoms with Gasteiger partial charge in [0.25, 0.3) is 0 Å². The Bertz CT molecular complexity index is 10800. The van der Waals surface area contributed by atoms with E-state index in [2.05, 4.69) is 475 Å². The third-order valence-corrected chi connectivity index (χ3v) is 32.9. The average Bonchev–Trinajstić information content (AvgIpc) is 1.56. The molecule has 33 rings (SSSR count). The molecule has 0 spiro atoms. The average molecular weight is 1950 g/mol. The molecular weight excluding hydrogens is 1860 g/mol. The molecule has 0 aliphatic rings. The Morgan fingerprint density at radius 3 is 0.847 bits per heavy atom. The molecule has 0 amide bonds. The molecule has 0 aliphatic heterocycles. The Labute approximate surface area is 865 Å². The minimum atomic E-state index is 0.696. The Balaban J connectivity index is 0.000000101. The molecule has 10 nitrogen and oxygen atoms in total. The van der Waals surface area contributed by atoms with Crippen LogP contribution < -0.4 is 0 Å². The first-order valence-corrected chi connectivity index (χ1v) is 52.4. The molecule has 0 aliphatic carbocycles. The van der Waals surface area contributed by atoms with Crippen molar-refractivity contribution in [1.29, 1.82) is 0 Å². The lowest BCUT2D eigenvalue weighted by Gasteiger charge is -2.12. The monoisotopic (exact) mass is 1940 g/mol. The van der Waals surface area contributed by atoms with E-state index in [9.17, 15) is 0 Å². The van der Waals surface area contributed by atoms with Crippen molar-refractivity contribution < 1.29 is 4.42 Å². The third-order valence-electron chi connectivity index (χ3n) is 30.6. The summed E-state index contributed by atoms with van der Waals surface area (Å²) in [5.74, 6) is 2.14. The number of thiophene rings is 2. The normalized spacial score (nSPS) is 12.0. The summed E-state index contributed by atoms with van der Waals surface area (Å²) < 4.78 is 18.5. The highest BCUT2D eigenvalue weighted by atomic mass is 32.1. The summed E-state index contributed by atoms with van der Waals surface area (Å²) in [6, 6.07) is 176. The Hall–Kier alpha value is -19.5. The molecule has 0 fully saturated rings. The van der Waals surface area contributed by atoms with Crippen LogP contribution in [0.15, 0.2) is 496 Å². The fourth-order valence-corrected chi connectivity index (χ4v) is 26.0. The number of para-hydroxylation sites is 4. The van der Waals surface area contributed by atoms with Crippen LogP contribution in [0, 0.1) is 0 Å². The Kier molecular flexibility index (Phi) is 19.3. The van der Waals surface area contributed by atoms with Gasteiger partial charge in [-0.1, -0.05) is 315 Å². The van der Waals surface area contributed by atoms with Crippen LogP contribution in [0.1, 0.15) is 0 Å². The highest BCUT2D eigenvalue weighted by Crippen LogP contribution is 2.50. The van der Waals surface area contributed by atoms with E-state index in [1.807, 2.05) is 53.0 Å². The van der Waals surface area contributed by atoms with Gasteiger partial charge in [-0.05, 0) is 241 Å². The first-order chi connectivity index (χ1) is 74.4. The second kappa shape index (κ2) is 34.1. The smallest absolute Gasteiger partial charge is 0.160 e. The largest absolute Gasteiger partial charge is 0.456 e. The standard InChI is InChI=1S/C46H27N3O.2C46H27N3S/c1-3-11-33-28(9-1)19-24-39-43(33)44-34-12-4-2-10-29(34)20-25-40(44)49(39)32-22-17-30(18-23-32)46-47-38-15-7-5-14-36(38)45(48-46)31-21-26-42-37(27-31)35-13-6-8-16-41(35)50-42;1-3-12-32-28(10-1)22-26-39-42(32)43-33-13-4-2-11-29(33)23-27-40(43)49(39)31-24-20-30(21-25-31)46-47-38-18-7-5-15-36(38)44(48-46)37-17-9-16-35-34-14-6-8-19-41(34)50-45(35)37;1-3-11-33-28(9-1)19-24-39-43(33)44-34-12-4-2-10-29(34)20-25-40(44)49(39)32-22-17-30(18-23-32)46-47-38-15-7-5-14-36(38)45(48-46)31-21-26-42-37(27-31)35-13-6-8-16-41(35)50-42/h3*1-27H. The second-order valence-electron chi connectivity index (χ2n) is 38.9. The fourth-order valence-electron chi connectivity index (χ4n) is 23.7. The lowest BCUT2D eigenvalue weighted by atomic mass is 10.00. The zero-order valence-corrected chi connectivity index (χ0v) is 82.1. The van der Waals surface area contributed by atoms with Crippen LogP contribution in [-0.2, 0) is 0 Å². The summed E-state index contributed by atoms with van der Waals surface area (Å²) in [6.45, 7) is 0. The number of hydrogen-bond donors (Lipinski definition) is 0. The molecule has 24 aromatic carbocycles. The number of furan rings is 1. The highest BCUT2D eigenvalue weighted by Gasteiger charge is 2.26. The molecule has 150 heavy (non-hydrogen) atoms. The molecule has 9 aromatic heterocycles. The van der Waals surface area contributed by atoms with Crippen LogP contribution in [0.25, 0.3) is 310 Å². The van der Waals surface area contributed by atoms with Crippen molar-refractivity contribution in [2.45, 2.75) is 0 Å². The van der Waals surface area contributed by atoms with Crippen LogP contribution in [0.2, 0.25) is 0 Å². The van der Waals surface area contributed by atoms with Crippen LogP contribution in [0.4, 0.5) is 0 Å². The second-order valence-corrected chi connectivity index (χ2v) is 41.0. The van der Waals surface area contributed by atoms with Crippen molar-refractivity contribution in [2.75, 3.05) is 0 Å². The van der Waals surface area contributed by atoms with Crippen LogP contribution in [0.5, 0.6) is 0 Å². The molecule has 12 heteroatoms. The maximum absolute atomic E-state index is 6.13. The van der Waals surface area contributed by atoms with Gasteiger partial charge < -0.3 is 18.1 Å². The zero-order valence-electron chi connectivity index (χ0n) is 80.5. The van der Waals surface area contributed by atoms with Gasteiger partial charge in [0, 0.05) is 150 Å². The van der Waals surface area contributed by atoms with E-state index in [1.165, 1.54) is 170 Å². The van der Waals surface area contributed by atoms with Crippen molar-refractivity contribution in [2.24, 2.45) is 0 Å². The van der Waals surface area contributed by atoms with Crippen molar-refractivity contribution in [3.8, 4) is 85.0 Å². The maximum atomic E-state index is 6.13. The van der Waals surface area contributed by atoms with Crippen molar-refractivity contribution in [3.05, 3.63) is 491 Å². The van der Waals surface area contributed by atoms with Crippen molar-refractivity contribution in [1.82, 2.24) is 43.6 Å². The van der Waals surface area contributed by atoms with Crippen LogP contribution in [-0.4, -0.2) is 43.6 Å². The summed E-state index contributed by atoms with van der Waals surface area (Å²) in [5.41, 5.74) is 24.1. The molecule has 0 N–H and O–H groups in total. The van der Waals surface area contributed by atoms with E-state index >= 15 is 0 Å². The van der Waals surface area contributed by atoms with Gasteiger partial charge in [0.2, 0.25) is 0 Å². The zero-order chi connectivity index (χ0) is 98.3. The number of benzene rings is 24. The SMILES string of the molecule is c1ccc2c(c1)ccc1c2c2c3ccccc3ccc2n1-c1ccc(-c2nc(-c3ccc4oc5ccccc5c4c3)c3ccccc3n2)cc1.c1ccc2c(c1)ccc1c2c2c3ccccc3ccc2n1-c1ccc(-c2nc(-c3ccc4sc5ccccc5c4c3)c3ccccc3n2)cc1.c1ccc2c(c1)ccc1c2c2c3ccccc3ccc2n1-c1ccc(-c2nc(-c3cccc4c3sc3ccccc34)c3ccccc3n2)cc1. The number of rotatable bonds is 9. The van der Waals surface area contributed by atoms with Gasteiger partial charge in [-0.3, -0.25) is 0 Å². The van der Waals surface area contributed by atoms with Gasteiger partial charge in [0.1, 0.15) is 11.2 Å². The summed E-state index contributed by atoms with van der Waals surface area (Å²) in [4.78, 5) is 31.0. The topological polar surface area (TPSA) is 105 Å². The summed E-state index contributed by atoms with van der Waals surface area (Å²) in [6.07, 6.45) is 0. The predicted molar refractivity (Wildman–Crippen MR) is 632 cm³/mol. The highest BCUT2D eigenvalue weighted by molar-refractivity contribution is 7.26. The van der Waals surface area contributed by atoms with Gasteiger partial charge in [-0.2, -0.15) is 0 Å². The number of aromatic nitrogens is 9. The lowest BCUT2D eigenvalue weighted by Crippen LogP contribution is -1.97. The number of hydrogen-bond acceptors (Lipinski definition) is 9. The first-order valence-electron chi connectivity index (χ1n) is 50.7. The minimum absolute atomic E-state index is 0.696. The quantitative estimate of drug-likeness (QED) is 0.142. The maximum Gasteiger partial charge on any atom is 0.160 e. The van der Waals surface area contributed by atoms with Gasteiger partial charge in [-0.15, -0.1) is 22.7 Å². The van der Waals surface area contributed by atoms with E-state index in [0.717, 1.165) is 134 Å². The lowest BCUT2D eigenvalue weighted by molar-refractivity contribution is 0.669. The molecule has 0 saturated carbocycles. The molecule has 33 aromatic rings. The van der Waals surface area contributed by atoms with Crippen LogP contribution in [0.3, 0.4) is 0 Å². The molecule has 9 heterocycles. The molecule has 0 bridgehead atoms. The van der Waals surface area contributed by atoms with Gasteiger partial charge in [0.15, 0.2) is 17.5 Å². The van der Waals surface area contributed by atoms with Crippen LogP contribution >= 0.6 is 22.7 Å². The third kappa shape index (κ3) is 13.6. The molecular formula is C138H81N9OS2. The summed E-state index contributed by atoms with van der Waals surface area (Å²) in [7, 11) is 0. The number of fused-ring (bicyclic) bond motifs is 33. The van der Waals surface area contributed by atoms with Gasteiger partial charge in [-0.25, -0.2) is 29.9 Å². The Morgan fingerprint density at radius 1 is 0.173 bits per heavy atom. The van der Waals surface area contributed by atoms with E-state index in [1.54, 1.807) is 0 Å². The fraction of sp³-hybridized carbons (Fsp3) is 0. The van der Waals surface area contributed by atoms with Crippen molar-refractivity contribution >= 4 is 248 Å². The molecule has 0 saturated heterocycles. The molecule has 0 atom stereocenters. The van der Waals surface area contributed by atoms with Crippen molar-refractivity contribution in [3.63, 3.8) is 0 Å².